The van der Waals surface area contributed by atoms with Crippen molar-refractivity contribution in [2.45, 2.75) is 45.9 Å². The van der Waals surface area contributed by atoms with Crippen LogP contribution in [0.1, 0.15) is 27.7 Å². The van der Waals surface area contributed by atoms with Gasteiger partial charge in [-0.3, -0.25) is 9.36 Å². The van der Waals surface area contributed by atoms with E-state index in [-0.39, 0.29) is 70.5 Å². The van der Waals surface area contributed by atoms with Crippen LogP contribution in [-0.4, -0.2) is 88.1 Å². The first-order valence-electron chi connectivity index (χ1n) is 15.8. The van der Waals surface area contributed by atoms with Crippen LogP contribution in [0, 0.1) is 17.6 Å². The number of nitrogens with one attached hydrogen (secondary N) is 1. The van der Waals surface area contributed by atoms with Crippen LogP contribution in [0.25, 0.3) is 28.5 Å². The van der Waals surface area contributed by atoms with Gasteiger partial charge in [-0.05, 0) is 56.3 Å². The van der Waals surface area contributed by atoms with Crippen LogP contribution < -0.4 is 20.6 Å². The van der Waals surface area contributed by atoms with E-state index in [1.165, 1.54) is 24.4 Å². The summed E-state index contributed by atoms with van der Waals surface area (Å²) in [4.78, 5) is 38.6. The molecule has 1 aromatic carbocycles. The number of hydrogen-bond donors (Lipinski definition) is 2. The largest absolute Gasteiger partial charge is 0.490 e. The molecule has 1 saturated heterocycles. The van der Waals surface area contributed by atoms with Crippen molar-refractivity contribution in [2.75, 3.05) is 44.3 Å². The number of fused-ring (bicyclic) bond motifs is 3. The molecule has 5 rings (SSSR count). The molecule has 3 aromatic rings. The standard InChI is InChI=1S/C34H39ClF2N6O5/c1-6-27(44)41-12-13-42(20(5)16-41)33-22-14-24(36)30-28-25(9-8-23(35)29(28)37)48-18-26(47-7-2)31(45)21(10-11-38-15-19(3)4)17-43(32(22)39-30)34(46)40-33/h6,8-11,14,17,19-20,26,31,38,45H,1,7,12-13,15-16,18H2,2-5H3/b11-10-,21-17?/t20-,26?,31?/m0/s1. The fourth-order valence-corrected chi connectivity index (χ4v) is 5.92. The average Bonchev–Trinajstić information content (AvgIpc) is 3.05. The van der Waals surface area contributed by atoms with Crippen LogP contribution in [-0.2, 0) is 9.53 Å². The quantitative estimate of drug-likeness (QED) is 0.333. The third kappa shape index (κ3) is 7.08. The molecule has 0 spiro atoms. The summed E-state index contributed by atoms with van der Waals surface area (Å²) in [6.45, 7) is 12.7. The lowest BCUT2D eigenvalue weighted by atomic mass is 10.0. The zero-order valence-corrected chi connectivity index (χ0v) is 28.0. The number of benzene rings is 1. The van der Waals surface area contributed by atoms with Crippen LogP contribution in [0.4, 0.5) is 14.6 Å². The van der Waals surface area contributed by atoms with Gasteiger partial charge in [-0.25, -0.2) is 18.6 Å². The summed E-state index contributed by atoms with van der Waals surface area (Å²) in [6, 6.07) is 3.49. The molecule has 14 heteroatoms. The molecule has 2 unspecified atom stereocenters. The van der Waals surface area contributed by atoms with E-state index in [0.717, 1.165) is 10.6 Å². The Hall–Kier alpha value is -4.33. The highest BCUT2D eigenvalue weighted by Gasteiger charge is 2.32. The van der Waals surface area contributed by atoms with Crippen LogP contribution in [0.2, 0.25) is 5.02 Å². The van der Waals surface area contributed by atoms with Crippen molar-refractivity contribution < 1.29 is 28.2 Å². The average molecular weight is 685 g/mol. The topological polar surface area (TPSA) is 122 Å². The van der Waals surface area contributed by atoms with Gasteiger partial charge in [0.25, 0.3) is 0 Å². The van der Waals surface area contributed by atoms with E-state index in [2.05, 4.69) is 21.9 Å². The highest BCUT2D eigenvalue weighted by molar-refractivity contribution is 6.31. The molecule has 2 N–H and O–H groups in total. The summed E-state index contributed by atoms with van der Waals surface area (Å²) in [5.74, 6) is -1.71. The van der Waals surface area contributed by atoms with Gasteiger partial charge in [-0.15, -0.1) is 0 Å². The molecule has 2 bridgehead atoms. The van der Waals surface area contributed by atoms with Gasteiger partial charge in [0.1, 0.15) is 36.1 Å². The van der Waals surface area contributed by atoms with Crippen molar-refractivity contribution >= 4 is 40.6 Å². The Balaban J connectivity index is 1.79. The molecule has 1 amide bonds. The maximum absolute atomic E-state index is 16.2. The number of carbonyl (C=O) groups is 1. The van der Waals surface area contributed by atoms with Gasteiger partial charge in [-0.1, -0.05) is 32.0 Å². The summed E-state index contributed by atoms with van der Waals surface area (Å²) >= 11 is 6.15. The maximum atomic E-state index is 16.2. The molecule has 3 atom stereocenters. The zero-order valence-electron chi connectivity index (χ0n) is 27.3. The lowest BCUT2D eigenvalue weighted by molar-refractivity contribution is -0.126. The smallest absolute Gasteiger partial charge is 0.355 e. The Kier molecular flexibility index (Phi) is 10.8. The predicted molar refractivity (Wildman–Crippen MR) is 181 cm³/mol. The van der Waals surface area contributed by atoms with Crippen molar-refractivity contribution in [3.05, 3.63) is 75.8 Å². The number of piperazine rings is 1. The zero-order chi connectivity index (χ0) is 34.7. The summed E-state index contributed by atoms with van der Waals surface area (Å²) in [5.41, 5.74) is -1.37. The molecule has 256 valence electrons. The molecule has 4 heterocycles. The number of aromatic nitrogens is 3. The van der Waals surface area contributed by atoms with Crippen LogP contribution in [0.3, 0.4) is 0 Å². The molecule has 2 aliphatic heterocycles. The molecule has 0 radical (unpaired) electrons. The number of aliphatic hydroxyl groups excluding tert-OH is 1. The van der Waals surface area contributed by atoms with Gasteiger partial charge in [-0.2, -0.15) is 4.98 Å². The Morgan fingerprint density at radius 2 is 2.06 bits per heavy atom. The highest BCUT2D eigenvalue weighted by Crippen LogP contribution is 2.39. The maximum Gasteiger partial charge on any atom is 0.355 e. The molecule has 0 saturated carbocycles. The molecule has 11 nitrogen and oxygen atoms in total. The Morgan fingerprint density at radius 3 is 2.75 bits per heavy atom. The Bertz CT molecular complexity index is 1830. The van der Waals surface area contributed by atoms with Gasteiger partial charge in [0.2, 0.25) is 5.91 Å². The molecule has 1 fully saturated rings. The minimum atomic E-state index is -1.33. The fraction of sp³-hybridized carbons (Fsp3) is 0.412. The fourth-order valence-electron chi connectivity index (χ4n) is 5.77. The van der Waals surface area contributed by atoms with Crippen molar-refractivity contribution in [2.24, 2.45) is 5.92 Å². The number of aliphatic hydroxyl groups is 1. The van der Waals surface area contributed by atoms with Crippen LogP contribution >= 0.6 is 11.6 Å². The van der Waals surface area contributed by atoms with E-state index in [9.17, 15) is 14.7 Å². The second-order valence-electron chi connectivity index (χ2n) is 12.1. The number of pyridine rings is 1. The molecule has 48 heavy (non-hydrogen) atoms. The SMILES string of the molecule is C=CC(=O)N1CCN(c2nc(=O)n3c4nc(c(F)cc24)-c2c(ccc(Cl)c2F)OCC(OCC)C(O)C(/C=C\NCC(C)C)=C3)[C@@H](C)C1. The number of anilines is 1. The molecule has 2 aliphatic rings. The third-order valence-electron chi connectivity index (χ3n) is 8.19. The van der Waals surface area contributed by atoms with E-state index < -0.39 is 35.2 Å². The molecular formula is C34H39ClF2N6O5. The third-order valence-corrected chi connectivity index (χ3v) is 8.48. The van der Waals surface area contributed by atoms with Crippen molar-refractivity contribution in [3.8, 4) is 17.0 Å². The van der Waals surface area contributed by atoms with Gasteiger partial charge in [0.05, 0.1) is 16.0 Å². The van der Waals surface area contributed by atoms with E-state index in [1.807, 2.05) is 20.8 Å². The first-order chi connectivity index (χ1) is 22.9. The summed E-state index contributed by atoms with van der Waals surface area (Å²) in [7, 11) is 0. The van der Waals surface area contributed by atoms with E-state index in [4.69, 9.17) is 21.1 Å². The van der Waals surface area contributed by atoms with Gasteiger partial charge < -0.3 is 29.7 Å². The summed E-state index contributed by atoms with van der Waals surface area (Å²) in [5, 5.41) is 14.7. The van der Waals surface area contributed by atoms with Crippen molar-refractivity contribution in [3.63, 3.8) is 0 Å². The first kappa shape index (κ1) is 35.0. The minimum absolute atomic E-state index is 0.0507. The number of nitrogens with zero attached hydrogens (tertiary/aromatic N) is 5. The minimum Gasteiger partial charge on any atom is -0.490 e. The number of amides is 1. The van der Waals surface area contributed by atoms with E-state index in [0.29, 0.717) is 25.6 Å². The van der Waals surface area contributed by atoms with Gasteiger partial charge in [0, 0.05) is 50.6 Å². The first-order valence-corrected chi connectivity index (χ1v) is 16.2. The highest BCUT2D eigenvalue weighted by atomic mass is 35.5. The van der Waals surface area contributed by atoms with Gasteiger partial charge >= 0.3 is 5.69 Å². The monoisotopic (exact) mass is 684 g/mol. The Morgan fingerprint density at radius 1 is 1.29 bits per heavy atom. The number of rotatable bonds is 8. The van der Waals surface area contributed by atoms with Crippen molar-refractivity contribution in [1.82, 2.24) is 24.8 Å². The lowest BCUT2D eigenvalue weighted by Crippen LogP contribution is -2.54. The molecule has 0 aliphatic carbocycles. The number of carbonyl (C=O) groups excluding carboxylic acids is 1. The summed E-state index contributed by atoms with van der Waals surface area (Å²) in [6.07, 6.45) is 3.54. The normalized spacial score (nSPS) is 19.9. The molecule has 2 aromatic heterocycles. The Labute approximate surface area is 282 Å². The summed E-state index contributed by atoms with van der Waals surface area (Å²) < 4.78 is 44.9. The van der Waals surface area contributed by atoms with Crippen LogP contribution in [0.5, 0.6) is 5.75 Å². The lowest BCUT2D eigenvalue weighted by Gasteiger charge is -2.40. The number of hydrogen-bond acceptors (Lipinski definition) is 9. The molecular weight excluding hydrogens is 646 g/mol. The number of halogens is 3. The van der Waals surface area contributed by atoms with Crippen molar-refractivity contribution in [1.29, 1.82) is 0 Å². The predicted octanol–water partition coefficient (Wildman–Crippen LogP) is 4.37. The van der Waals surface area contributed by atoms with E-state index >= 15 is 8.78 Å². The van der Waals surface area contributed by atoms with E-state index in [1.54, 1.807) is 29.0 Å². The second kappa shape index (κ2) is 14.8. The van der Waals surface area contributed by atoms with Crippen LogP contribution in [0.15, 0.2) is 53.5 Å². The number of ether oxygens (including phenoxy) is 2. The van der Waals surface area contributed by atoms with Gasteiger partial charge in [0.15, 0.2) is 17.3 Å². The second-order valence-corrected chi connectivity index (χ2v) is 12.5.